The number of nitrogens with zero attached hydrogens (tertiary/aromatic N) is 3. The van der Waals surface area contributed by atoms with E-state index < -0.39 is 0 Å². The number of piperazine rings is 1. The molecular weight excluding hydrogens is 491 g/mol. The molecule has 6 nitrogen and oxygen atoms in total. The predicted octanol–water partition coefficient (Wildman–Crippen LogP) is 4.38. The predicted molar refractivity (Wildman–Crippen MR) is 144 cm³/mol. The van der Waals surface area contributed by atoms with Crippen molar-refractivity contribution < 1.29 is 4.39 Å². The molecule has 0 spiro atoms. The van der Waals surface area contributed by atoms with Gasteiger partial charge in [0.15, 0.2) is 0 Å². The van der Waals surface area contributed by atoms with Crippen LogP contribution in [0.4, 0.5) is 4.39 Å². The summed E-state index contributed by atoms with van der Waals surface area (Å²) in [5.41, 5.74) is 3.58. The Bertz CT molecular complexity index is 1560. The van der Waals surface area contributed by atoms with E-state index in [-0.39, 0.29) is 29.0 Å². The summed E-state index contributed by atoms with van der Waals surface area (Å²) >= 11 is 6.36. The van der Waals surface area contributed by atoms with Crippen LogP contribution in [0.3, 0.4) is 0 Å². The first-order valence-corrected chi connectivity index (χ1v) is 13.1. The van der Waals surface area contributed by atoms with Gasteiger partial charge in [-0.25, -0.2) is 9.18 Å². The van der Waals surface area contributed by atoms with Gasteiger partial charge in [-0.05, 0) is 59.5 Å². The molecule has 1 fully saturated rings. The lowest BCUT2D eigenvalue weighted by atomic mass is 9.93. The second kappa shape index (κ2) is 9.89. The molecule has 37 heavy (non-hydrogen) atoms. The third-order valence-corrected chi connectivity index (χ3v) is 8.13. The maximum Gasteiger partial charge on any atom is 0.328 e. The highest BCUT2D eigenvalue weighted by molar-refractivity contribution is 6.30. The summed E-state index contributed by atoms with van der Waals surface area (Å²) in [5.74, 6) is -0.0440. The Kier molecular flexibility index (Phi) is 6.44. The van der Waals surface area contributed by atoms with Crippen molar-refractivity contribution in [2.24, 2.45) is 0 Å². The molecule has 2 heterocycles. The summed E-state index contributed by atoms with van der Waals surface area (Å²) in [6.07, 6.45) is 0.934. The van der Waals surface area contributed by atoms with Crippen molar-refractivity contribution in [2.75, 3.05) is 32.7 Å². The molecule has 1 aliphatic heterocycles. The fourth-order valence-electron chi connectivity index (χ4n) is 5.93. The van der Waals surface area contributed by atoms with Gasteiger partial charge in [-0.3, -0.25) is 19.2 Å². The fourth-order valence-corrected chi connectivity index (χ4v) is 6.11. The Balaban J connectivity index is 1.14. The van der Waals surface area contributed by atoms with E-state index in [1.54, 1.807) is 24.3 Å². The molecule has 6 rings (SSSR count). The lowest BCUT2D eigenvalue weighted by Gasteiger charge is -2.38. The highest BCUT2D eigenvalue weighted by Crippen LogP contribution is 2.47. The number of benzene rings is 3. The molecule has 8 heteroatoms. The van der Waals surface area contributed by atoms with Gasteiger partial charge in [-0.1, -0.05) is 41.9 Å². The zero-order chi connectivity index (χ0) is 25.5. The molecule has 190 valence electrons. The van der Waals surface area contributed by atoms with Crippen LogP contribution in [0.5, 0.6) is 0 Å². The standard InChI is InChI=1S/C29H28ClFN4O2/c30-20-7-10-22-25(17-20)24(19-5-8-21(31)9-6-19)18-27(22)34-14-11-33(12-15-34)13-16-35-28(36)23-3-1-2-4-26(23)32-29(35)37/h1-10,17,24,27H,11-16,18H2,(H,32,37)/t24-,27+/m0/s1. The molecule has 2 atom stereocenters. The average molecular weight is 519 g/mol. The van der Waals surface area contributed by atoms with Gasteiger partial charge in [-0.2, -0.15) is 0 Å². The number of fused-ring (bicyclic) bond motifs is 2. The van der Waals surface area contributed by atoms with Gasteiger partial charge in [0.25, 0.3) is 5.56 Å². The molecular formula is C29H28ClFN4O2. The number of rotatable bonds is 5. The minimum Gasteiger partial charge on any atom is -0.307 e. The van der Waals surface area contributed by atoms with Gasteiger partial charge in [0.05, 0.1) is 10.9 Å². The highest BCUT2D eigenvalue weighted by atomic mass is 35.5. The lowest BCUT2D eigenvalue weighted by Crippen LogP contribution is -2.49. The quantitative estimate of drug-likeness (QED) is 0.426. The first-order chi connectivity index (χ1) is 18.0. The van der Waals surface area contributed by atoms with Gasteiger partial charge in [0.2, 0.25) is 0 Å². The smallest absolute Gasteiger partial charge is 0.307 e. The van der Waals surface area contributed by atoms with E-state index in [1.165, 1.54) is 27.8 Å². The van der Waals surface area contributed by atoms with Crippen LogP contribution in [0.15, 0.2) is 76.3 Å². The number of hydrogen-bond acceptors (Lipinski definition) is 4. The van der Waals surface area contributed by atoms with Crippen LogP contribution in [0, 0.1) is 5.82 Å². The Morgan fingerprint density at radius 2 is 1.65 bits per heavy atom. The molecule has 0 unspecified atom stereocenters. The maximum atomic E-state index is 13.6. The number of H-pyrrole nitrogens is 1. The van der Waals surface area contributed by atoms with Gasteiger partial charge in [-0.15, -0.1) is 0 Å². The van der Waals surface area contributed by atoms with Crippen LogP contribution < -0.4 is 11.2 Å². The van der Waals surface area contributed by atoms with Crippen LogP contribution in [0.25, 0.3) is 10.9 Å². The Morgan fingerprint density at radius 1 is 0.892 bits per heavy atom. The Hall–Kier alpha value is -3.26. The van der Waals surface area contributed by atoms with E-state index >= 15 is 0 Å². The maximum absolute atomic E-state index is 13.6. The van der Waals surface area contributed by atoms with Crippen LogP contribution in [0.1, 0.15) is 35.1 Å². The number of nitrogens with one attached hydrogen (secondary N) is 1. The van der Waals surface area contributed by atoms with Crippen molar-refractivity contribution >= 4 is 22.5 Å². The summed E-state index contributed by atoms with van der Waals surface area (Å²) in [6, 6.07) is 20.3. The molecule has 2 aliphatic rings. The summed E-state index contributed by atoms with van der Waals surface area (Å²) in [6.45, 7) is 4.51. The van der Waals surface area contributed by atoms with Crippen molar-refractivity contribution in [3.8, 4) is 0 Å². The zero-order valence-corrected chi connectivity index (χ0v) is 21.1. The third kappa shape index (κ3) is 4.63. The van der Waals surface area contributed by atoms with E-state index in [0.717, 1.165) is 43.2 Å². The molecule has 1 aliphatic carbocycles. The average Bonchev–Trinajstić information content (AvgIpc) is 3.28. The summed E-state index contributed by atoms with van der Waals surface area (Å²) in [4.78, 5) is 33.0. The molecule has 1 aromatic heterocycles. The SMILES string of the molecule is O=c1[nH]c2ccccc2c(=O)n1CCN1CCN([C@@H]2C[C@@H](c3ccc(F)cc3)c3cc(Cl)ccc32)CC1. The summed E-state index contributed by atoms with van der Waals surface area (Å²) in [5, 5.41) is 1.25. The number of aromatic amines is 1. The van der Waals surface area contributed by atoms with Gasteiger partial charge >= 0.3 is 5.69 Å². The van der Waals surface area contributed by atoms with Crippen LogP contribution >= 0.6 is 11.6 Å². The third-order valence-electron chi connectivity index (χ3n) is 7.89. The van der Waals surface area contributed by atoms with E-state index in [4.69, 9.17) is 11.6 Å². The topological polar surface area (TPSA) is 61.3 Å². The van der Waals surface area contributed by atoms with Crippen LogP contribution in [-0.4, -0.2) is 52.1 Å². The van der Waals surface area contributed by atoms with Gasteiger partial charge < -0.3 is 4.98 Å². The number of halogens is 2. The highest BCUT2D eigenvalue weighted by Gasteiger charge is 2.36. The van der Waals surface area contributed by atoms with Crippen molar-refractivity contribution in [3.63, 3.8) is 0 Å². The van der Waals surface area contributed by atoms with E-state index in [1.807, 2.05) is 18.2 Å². The van der Waals surface area contributed by atoms with Crippen molar-refractivity contribution in [1.82, 2.24) is 19.4 Å². The van der Waals surface area contributed by atoms with Gasteiger partial charge in [0, 0.05) is 56.3 Å². The normalized spacial score (nSPS) is 20.4. The molecule has 1 N–H and O–H groups in total. The van der Waals surface area contributed by atoms with E-state index in [2.05, 4.69) is 26.9 Å². The van der Waals surface area contributed by atoms with Crippen molar-refractivity contribution in [3.05, 3.63) is 115 Å². The lowest BCUT2D eigenvalue weighted by molar-refractivity contribution is 0.0923. The molecule has 0 radical (unpaired) electrons. The Labute approximate surface area is 218 Å². The summed E-state index contributed by atoms with van der Waals surface area (Å²) < 4.78 is 14.9. The number of para-hydroxylation sites is 1. The monoisotopic (exact) mass is 518 g/mol. The molecule has 0 bridgehead atoms. The second-order valence-electron chi connectivity index (χ2n) is 9.94. The number of aromatic nitrogens is 2. The largest absolute Gasteiger partial charge is 0.328 e. The molecule has 0 amide bonds. The first kappa shape index (κ1) is 24.1. The van der Waals surface area contributed by atoms with Crippen molar-refractivity contribution in [2.45, 2.75) is 24.9 Å². The van der Waals surface area contributed by atoms with Gasteiger partial charge in [0.1, 0.15) is 5.82 Å². The molecule has 4 aromatic rings. The fraction of sp³-hybridized carbons (Fsp3) is 0.310. The summed E-state index contributed by atoms with van der Waals surface area (Å²) in [7, 11) is 0. The minimum absolute atomic E-state index is 0.184. The Morgan fingerprint density at radius 3 is 2.43 bits per heavy atom. The number of hydrogen-bond donors (Lipinski definition) is 1. The molecule has 3 aromatic carbocycles. The van der Waals surface area contributed by atoms with E-state index in [0.29, 0.717) is 24.0 Å². The molecule has 0 saturated carbocycles. The van der Waals surface area contributed by atoms with Crippen molar-refractivity contribution in [1.29, 1.82) is 0 Å². The second-order valence-corrected chi connectivity index (χ2v) is 10.4. The van der Waals surface area contributed by atoms with Crippen LogP contribution in [0.2, 0.25) is 5.02 Å². The van der Waals surface area contributed by atoms with Crippen LogP contribution in [-0.2, 0) is 6.54 Å². The molecule has 1 saturated heterocycles. The first-order valence-electron chi connectivity index (χ1n) is 12.7. The minimum atomic E-state index is -0.365. The zero-order valence-electron chi connectivity index (χ0n) is 20.4. The van der Waals surface area contributed by atoms with E-state index in [9.17, 15) is 14.0 Å².